The van der Waals surface area contributed by atoms with Gasteiger partial charge in [0.15, 0.2) is 0 Å². The zero-order valence-corrected chi connectivity index (χ0v) is 12.8. The van der Waals surface area contributed by atoms with Crippen LogP contribution in [0.4, 0.5) is 0 Å². The number of piperidine rings is 1. The van der Waals surface area contributed by atoms with E-state index in [0.29, 0.717) is 0 Å². The van der Waals surface area contributed by atoms with Crippen LogP contribution >= 0.6 is 11.3 Å². The third-order valence-electron chi connectivity index (χ3n) is 3.91. The van der Waals surface area contributed by atoms with E-state index < -0.39 is 0 Å². The Labute approximate surface area is 115 Å². The molecule has 18 heavy (non-hydrogen) atoms. The highest BCUT2D eigenvalue weighted by atomic mass is 32.1. The molecule has 0 aromatic carbocycles. The van der Waals surface area contributed by atoms with Gasteiger partial charge < -0.3 is 10.2 Å². The molecule has 2 nitrogen and oxygen atoms in total. The molecule has 1 saturated heterocycles. The quantitative estimate of drug-likeness (QED) is 0.879. The molecule has 2 heterocycles. The number of aryl methyl sites for hydroxylation is 2. The predicted octanol–water partition coefficient (Wildman–Crippen LogP) is 3.33. The van der Waals surface area contributed by atoms with Crippen LogP contribution in [0, 0.1) is 13.8 Å². The van der Waals surface area contributed by atoms with Crippen LogP contribution in [0.3, 0.4) is 0 Å². The standard InChI is InChI=1S/C15H26N2S/c1-4-7-17-8-5-14(6-9-17)16-11-15-10-12(2)13(3)18-15/h10,14,16H,4-9,11H2,1-3H3. The number of likely N-dealkylation sites (tertiary alicyclic amines) is 1. The van der Waals surface area contributed by atoms with Crippen LogP contribution in [-0.4, -0.2) is 30.6 Å². The SMILES string of the molecule is CCCN1CCC(NCc2cc(C)c(C)s2)CC1. The van der Waals surface area contributed by atoms with Crippen LogP contribution in [0.5, 0.6) is 0 Å². The molecular formula is C15H26N2S. The summed E-state index contributed by atoms with van der Waals surface area (Å²) in [5, 5.41) is 3.72. The molecule has 0 saturated carbocycles. The average Bonchev–Trinajstić information content (AvgIpc) is 2.68. The Bertz CT molecular complexity index is 345. The summed E-state index contributed by atoms with van der Waals surface area (Å²) >= 11 is 1.94. The van der Waals surface area contributed by atoms with Gasteiger partial charge in [-0.1, -0.05) is 6.92 Å². The van der Waals surface area contributed by atoms with E-state index in [1.165, 1.54) is 54.2 Å². The maximum Gasteiger partial charge on any atom is 0.0302 e. The van der Waals surface area contributed by atoms with Crippen molar-refractivity contribution in [2.75, 3.05) is 19.6 Å². The summed E-state index contributed by atoms with van der Waals surface area (Å²) in [4.78, 5) is 5.54. The topological polar surface area (TPSA) is 15.3 Å². The molecule has 0 atom stereocenters. The van der Waals surface area contributed by atoms with Gasteiger partial charge in [-0.05, 0) is 64.4 Å². The third kappa shape index (κ3) is 3.81. The first-order valence-electron chi connectivity index (χ1n) is 7.20. The summed E-state index contributed by atoms with van der Waals surface area (Å²) in [6.07, 6.45) is 3.90. The highest BCUT2D eigenvalue weighted by Gasteiger charge is 2.18. The van der Waals surface area contributed by atoms with Gasteiger partial charge in [-0.25, -0.2) is 0 Å². The first kappa shape index (κ1) is 14.0. The molecule has 1 aliphatic heterocycles. The molecule has 0 unspecified atom stereocenters. The minimum atomic E-state index is 0.723. The van der Waals surface area contributed by atoms with E-state index >= 15 is 0 Å². The van der Waals surface area contributed by atoms with E-state index in [1.807, 2.05) is 11.3 Å². The Morgan fingerprint density at radius 1 is 1.33 bits per heavy atom. The van der Waals surface area contributed by atoms with Crippen LogP contribution in [0.1, 0.15) is 41.5 Å². The number of thiophene rings is 1. The number of hydrogen-bond donors (Lipinski definition) is 1. The largest absolute Gasteiger partial charge is 0.309 e. The number of rotatable bonds is 5. The van der Waals surface area contributed by atoms with Gasteiger partial charge in [0.05, 0.1) is 0 Å². The summed E-state index contributed by atoms with van der Waals surface area (Å²) in [5.74, 6) is 0. The molecule has 0 amide bonds. The summed E-state index contributed by atoms with van der Waals surface area (Å²) in [5.41, 5.74) is 1.44. The van der Waals surface area contributed by atoms with E-state index in [4.69, 9.17) is 0 Å². The van der Waals surface area contributed by atoms with Crippen molar-refractivity contribution < 1.29 is 0 Å². The van der Waals surface area contributed by atoms with Crippen LogP contribution in [0.15, 0.2) is 6.07 Å². The molecule has 1 N–H and O–H groups in total. The van der Waals surface area contributed by atoms with Crippen LogP contribution in [-0.2, 0) is 6.54 Å². The molecule has 0 bridgehead atoms. The highest BCUT2D eigenvalue weighted by molar-refractivity contribution is 7.12. The molecular weight excluding hydrogens is 240 g/mol. The van der Waals surface area contributed by atoms with Gasteiger partial charge in [-0.15, -0.1) is 11.3 Å². The zero-order chi connectivity index (χ0) is 13.0. The van der Waals surface area contributed by atoms with Crippen LogP contribution < -0.4 is 5.32 Å². The van der Waals surface area contributed by atoms with Crippen molar-refractivity contribution in [3.05, 3.63) is 21.4 Å². The Morgan fingerprint density at radius 3 is 2.61 bits per heavy atom. The smallest absolute Gasteiger partial charge is 0.0302 e. The Hall–Kier alpha value is -0.380. The maximum absolute atomic E-state index is 3.72. The van der Waals surface area contributed by atoms with Crippen LogP contribution in [0.25, 0.3) is 0 Å². The summed E-state index contributed by atoms with van der Waals surface area (Å²) in [7, 11) is 0. The van der Waals surface area contributed by atoms with Crippen molar-refractivity contribution in [2.24, 2.45) is 0 Å². The van der Waals surface area contributed by atoms with E-state index in [0.717, 1.165) is 12.6 Å². The van der Waals surface area contributed by atoms with E-state index in [2.05, 4.69) is 37.1 Å². The monoisotopic (exact) mass is 266 g/mol. The van der Waals surface area contributed by atoms with Gasteiger partial charge in [0.25, 0.3) is 0 Å². The molecule has 3 heteroatoms. The lowest BCUT2D eigenvalue weighted by Gasteiger charge is -2.32. The molecule has 2 rings (SSSR count). The second-order valence-corrected chi connectivity index (χ2v) is 6.79. The van der Waals surface area contributed by atoms with E-state index in [9.17, 15) is 0 Å². The lowest BCUT2D eigenvalue weighted by Crippen LogP contribution is -2.42. The molecule has 1 aliphatic rings. The van der Waals surface area contributed by atoms with Crippen molar-refractivity contribution in [2.45, 2.75) is 52.6 Å². The number of nitrogens with zero attached hydrogens (tertiary/aromatic N) is 1. The summed E-state index contributed by atoms with van der Waals surface area (Å²) < 4.78 is 0. The van der Waals surface area contributed by atoms with Crippen LogP contribution in [0.2, 0.25) is 0 Å². The molecule has 0 radical (unpaired) electrons. The fraction of sp³-hybridized carbons (Fsp3) is 0.733. The van der Waals surface area contributed by atoms with Gasteiger partial charge in [-0.3, -0.25) is 0 Å². The predicted molar refractivity (Wildman–Crippen MR) is 80.4 cm³/mol. The zero-order valence-electron chi connectivity index (χ0n) is 12.0. The van der Waals surface area contributed by atoms with Gasteiger partial charge in [0.2, 0.25) is 0 Å². The van der Waals surface area contributed by atoms with Gasteiger partial charge in [-0.2, -0.15) is 0 Å². The third-order valence-corrected chi connectivity index (χ3v) is 5.06. The molecule has 1 fully saturated rings. The minimum Gasteiger partial charge on any atom is -0.309 e. The lowest BCUT2D eigenvalue weighted by atomic mass is 10.0. The first-order valence-corrected chi connectivity index (χ1v) is 8.02. The molecule has 1 aromatic heterocycles. The Kier molecular flexibility index (Phi) is 5.22. The normalized spacial score (nSPS) is 18.4. The number of nitrogens with one attached hydrogen (secondary N) is 1. The van der Waals surface area contributed by atoms with Crippen molar-refractivity contribution in [3.8, 4) is 0 Å². The van der Waals surface area contributed by atoms with Gasteiger partial charge >= 0.3 is 0 Å². The first-order chi connectivity index (χ1) is 8.69. The molecule has 0 spiro atoms. The van der Waals surface area contributed by atoms with Gasteiger partial charge in [0, 0.05) is 22.3 Å². The average molecular weight is 266 g/mol. The Balaban J connectivity index is 1.72. The summed E-state index contributed by atoms with van der Waals surface area (Å²) in [6.45, 7) is 11.6. The fourth-order valence-corrected chi connectivity index (χ4v) is 3.66. The molecule has 1 aromatic rings. The molecule has 102 valence electrons. The second kappa shape index (κ2) is 6.69. The van der Waals surface area contributed by atoms with Crippen molar-refractivity contribution in [1.29, 1.82) is 0 Å². The summed E-state index contributed by atoms with van der Waals surface area (Å²) in [6, 6.07) is 3.06. The molecule has 0 aliphatic carbocycles. The van der Waals surface area contributed by atoms with E-state index in [-0.39, 0.29) is 0 Å². The minimum absolute atomic E-state index is 0.723. The highest BCUT2D eigenvalue weighted by Crippen LogP contribution is 2.21. The van der Waals surface area contributed by atoms with Crippen molar-refractivity contribution >= 4 is 11.3 Å². The number of hydrogen-bond acceptors (Lipinski definition) is 3. The lowest BCUT2D eigenvalue weighted by molar-refractivity contribution is 0.197. The second-order valence-electron chi connectivity index (χ2n) is 5.45. The van der Waals surface area contributed by atoms with E-state index in [1.54, 1.807) is 0 Å². The van der Waals surface area contributed by atoms with Crippen molar-refractivity contribution in [1.82, 2.24) is 10.2 Å². The van der Waals surface area contributed by atoms with Gasteiger partial charge in [0.1, 0.15) is 0 Å². The van der Waals surface area contributed by atoms with Crippen molar-refractivity contribution in [3.63, 3.8) is 0 Å². The fourth-order valence-electron chi connectivity index (χ4n) is 2.66. The maximum atomic E-state index is 3.72. The Morgan fingerprint density at radius 2 is 2.06 bits per heavy atom.